The van der Waals surface area contributed by atoms with Gasteiger partial charge in [0.1, 0.15) is 3.70 Å². The highest BCUT2D eigenvalue weighted by Gasteiger charge is 2.04. The van der Waals surface area contributed by atoms with Crippen molar-refractivity contribution in [1.82, 2.24) is 4.98 Å². The second-order valence-corrected chi connectivity index (χ2v) is 3.58. The van der Waals surface area contributed by atoms with Gasteiger partial charge in [-0.2, -0.15) is 0 Å². The molecular weight excluding hydrogens is 267 g/mol. The second-order valence-electron chi connectivity index (χ2n) is 2.48. The summed E-state index contributed by atoms with van der Waals surface area (Å²) >= 11 is 2.16. The third-order valence-electron chi connectivity index (χ3n) is 1.52. The molecule has 0 saturated carbocycles. The summed E-state index contributed by atoms with van der Waals surface area (Å²) in [6.07, 6.45) is 1.78. The summed E-state index contributed by atoms with van der Waals surface area (Å²) < 4.78 is 5.91. The Bertz CT molecular complexity index is 237. The van der Waals surface area contributed by atoms with Gasteiger partial charge in [0, 0.05) is 13.3 Å². The first-order valence-electron chi connectivity index (χ1n) is 3.60. The van der Waals surface area contributed by atoms with Gasteiger partial charge < -0.3 is 10.5 Å². The van der Waals surface area contributed by atoms with Crippen LogP contribution in [0, 0.1) is 3.70 Å². The topological polar surface area (TPSA) is 48.1 Å². The molecule has 0 spiro atoms. The van der Waals surface area contributed by atoms with Crippen molar-refractivity contribution in [3.05, 3.63) is 27.6 Å². The van der Waals surface area contributed by atoms with Crippen molar-refractivity contribution in [2.75, 3.05) is 13.7 Å². The monoisotopic (exact) mass is 278 g/mol. The largest absolute Gasteiger partial charge is 0.383 e. The molecule has 1 rings (SSSR count). The van der Waals surface area contributed by atoms with E-state index >= 15 is 0 Å². The molecule has 1 atom stereocenters. The van der Waals surface area contributed by atoms with Crippen LogP contribution in [0.25, 0.3) is 0 Å². The fourth-order valence-corrected chi connectivity index (χ4v) is 1.20. The molecular formula is C8H11IN2O. The number of ether oxygens (including phenoxy) is 1. The summed E-state index contributed by atoms with van der Waals surface area (Å²) in [7, 11) is 1.64. The molecule has 2 N–H and O–H groups in total. The highest BCUT2D eigenvalue weighted by atomic mass is 127. The number of methoxy groups -OCH3 is 1. The zero-order chi connectivity index (χ0) is 8.97. The van der Waals surface area contributed by atoms with E-state index in [1.165, 1.54) is 0 Å². The van der Waals surface area contributed by atoms with Gasteiger partial charge in [-0.25, -0.2) is 4.98 Å². The first kappa shape index (κ1) is 9.88. The molecule has 0 unspecified atom stereocenters. The van der Waals surface area contributed by atoms with Gasteiger partial charge >= 0.3 is 0 Å². The van der Waals surface area contributed by atoms with Crippen LogP contribution in [0.5, 0.6) is 0 Å². The van der Waals surface area contributed by atoms with E-state index in [0.29, 0.717) is 6.61 Å². The van der Waals surface area contributed by atoms with Crippen LogP contribution in [0.1, 0.15) is 11.6 Å². The maximum absolute atomic E-state index is 5.79. The van der Waals surface area contributed by atoms with E-state index in [1.807, 2.05) is 12.1 Å². The normalized spacial score (nSPS) is 12.9. The van der Waals surface area contributed by atoms with Gasteiger partial charge in [-0.05, 0) is 34.2 Å². The summed E-state index contributed by atoms with van der Waals surface area (Å²) in [5.41, 5.74) is 6.80. The lowest BCUT2D eigenvalue weighted by atomic mass is 10.1. The Morgan fingerprint density at radius 2 is 2.42 bits per heavy atom. The molecule has 4 heteroatoms. The van der Waals surface area contributed by atoms with Crippen molar-refractivity contribution in [2.24, 2.45) is 5.73 Å². The molecule has 1 aromatic heterocycles. The standard InChI is InChI=1S/C8H11IN2O/c1-12-5-7(10)6-2-3-8(9)11-4-6/h2-4,7H,5,10H2,1H3/t7-/m1/s1. The molecule has 12 heavy (non-hydrogen) atoms. The van der Waals surface area contributed by atoms with E-state index in [-0.39, 0.29) is 6.04 Å². The number of rotatable bonds is 3. The lowest BCUT2D eigenvalue weighted by Crippen LogP contribution is -2.16. The van der Waals surface area contributed by atoms with Crippen molar-refractivity contribution in [1.29, 1.82) is 0 Å². The quantitative estimate of drug-likeness (QED) is 0.670. The molecule has 0 radical (unpaired) electrons. The lowest BCUT2D eigenvalue weighted by Gasteiger charge is -2.09. The fraction of sp³-hybridized carbons (Fsp3) is 0.375. The van der Waals surface area contributed by atoms with Crippen molar-refractivity contribution in [3.8, 4) is 0 Å². The van der Waals surface area contributed by atoms with Crippen LogP contribution in [0.15, 0.2) is 18.3 Å². The summed E-state index contributed by atoms with van der Waals surface area (Å²) in [5, 5.41) is 0. The van der Waals surface area contributed by atoms with Crippen molar-refractivity contribution in [2.45, 2.75) is 6.04 Å². The first-order chi connectivity index (χ1) is 5.74. The average Bonchev–Trinajstić information content (AvgIpc) is 2.06. The Morgan fingerprint density at radius 1 is 1.67 bits per heavy atom. The van der Waals surface area contributed by atoms with Gasteiger partial charge in [0.05, 0.1) is 12.6 Å². The highest BCUT2D eigenvalue weighted by Crippen LogP contribution is 2.10. The fourth-order valence-electron chi connectivity index (χ4n) is 0.882. The van der Waals surface area contributed by atoms with Crippen LogP contribution in [0.3, 0.4) is 0 Å². The van der Waals surface area contributed by atoms with E-state index in [0.717, 1.165) is 9.26 Å². The molecule has 1 aromatic rings. The molecule has 3 nitrogen and oxygen atoms in total. The van der Waals surface area contributed by atoms with Gasteiger partial charge in [0.15, 0.2) is 0 Å². The molecule has 0 aliphatic carbocycles. The molecule has 0 amide bonds. The van der Waals surface area contributed by atoms with Crippen LogP contribution >= 0.6 is 22.6 Å². The van der Waals surface area contributed by atoms with E-state index in [9.17, 15) is 0 Å². The van der Waals surface area contributed by atoms with Gasteiger partial charge in [-0.3, -0.25) is 0 Å². The third-order valence-corrected chi connectivity index (χ3v) is 2.16. The highest BCUT2D eigenvalue weighted by molar-refractivity contribution is 14.1. The van der Waals surface area contributed by atoms with Crippen molar-refractivity contribution in [3.63, 3.8) is 0 Å². The van der Waals surface area contributed by atoms with Gasteiger partial charge in [-0.1, -0.05) is 6.07 Å². The minimum atomic E-state index is -0.0699. The Hall–Kier alpha value is -0.200. The number of nitrogens with two attached hydrogens (primary N) is 1. The Kier molecular flexibility index (Phi) is 3.90. The summed E-state index contributed by atoms with van der Waals surface area (Å²) in [4.78, 5) is 4.13. The SMILES string of the molecule is COC[C@@H](N)c1ccc(I)nc1. The molecule has 0 aliphatic rings. The average molecular weight is 278 g/mol. The van der Waals surface area contributed by atoms with Gasteiger partial charge in [-0.15, -0.1) is 0 Å². The summed E-state index contributed by atoms with van der Waals surface area (Å²) in [5.74, 6) is 0. The van der Waals surface area contributed by atoms with Crippen molar-refractivity contribution < 1.29 is 4.74 Å². The molecule has 0 bridgehead atoms. The van der Waals surface area contributed by atoms with Crippen LogP contribution in [-0.2, 0) is 4.74 Å². The van der Waals surface area contributed by atoms with E-state index < -0.39 is 0 Å². The molecule has 0 aliphatic heterocycles. The lowest BCUT2D eigenvalue weighted by molar-refractivity contribution is 0.181. The predicted octanol–water partition coefficient (Wildman–Crippen LogP) is 1.33. The van der Waals surface area contributed by atoms with Crippen LogP contribution in [-0.4, -0.2) is 18.7 Å². The van der Waals surface area contributed by atoms with E-state index in [1.54, 1.807) is 13.3 Å². The van der Waals surface area contributed by atoms with Gasteiger partial charge in [0.25, 0.3) is 0 Å². The minimum Gasteiger partial charge on any atom is -0.383 e. The Balaban J connectivity index is 2.68. The van der Waals surface area contributed by atoms with E-state index in [2.05, 4.69) is 27.6 Å². The van der Waals surface area contributed by atoms with E-state index in [4.69, 9.17) is 10.5 Å². The number of hydrogen-bond donors (Lipinski definition) is 1. The molecule has 1 heterocycles. The van der Waals surface area contributed by atoms with Crippen LogP contribution in [0.2, 0.25) is 0 Å². The smallest absolute Gasteiger partial charge is 0.101 e. The summed E-state index contributed by atoms with van der Waals surface area (Å²) in [6, 6.07) is 3.84. The number of aromatic nitrogens is 1. The maximum atomic E-state index is 5.79. The zero-order valence-electron chi connectivity index (χ0n) is 6.83. The van der Waals surface area contributed by atoms with Crippen LogP contribution < -0.4 is 5.73 Å². The Labute approximate surface area is 85.5 Å². The van der Waals surface area contributed by atoms with Crippen molar-refractivity contribution >= 4 is 22.6 Å². The van der Waals surface area contributed by atoms with Gasteiger partial charge in [0.2, 0.25) is 0 Å². The Morgan fingerprint density at radius 3 is 2.92 bits per heavy atom. The molecule has 0 aromatic carbocycles. The maximum Gasteiger partial charge on any atom is 0.101 e. The molecule has 0 saturated heterocycles. The number of pyridine rings is 1. The number of halogens is 1. The second kappa shape index (κ2) is 4.74. The third kappa shape index (κ3) is 2.69. The minimum absolute atomic E-state index is 0.0699. The number of hydrogen-bond acceptors (Lipinski definition) is 3. The number of nitrogens with zero attached hydrogens (tertiary/aromatic N) is 1. The predicted molar refractivity (Wildman–Crippen MR) is 55.8 cm³/mol. The van der Waals surface area contributed by atoms with Crippen LogP contribution in [0.4, 0.5) is 0 Å². The molecule has 66 valence electrons. The zero-order valence-corrected chi connectivity index (χ0v) is 8.98. The summed E-state index contributed by atoms with van der Waals surface area (Å²) in [6.45, 7) is 0.530. The first-order valence-corrected chi connectivity index (χ1v) is 4.68. The molecule has 0 fully saturated rings.